The first-order valence-corrected chi connectivity index (χ1v) is 6.18. The summed E-state index contributed by atoms with van der Waals surface area (Å²) < 4.78 is 0. The van der Waals surface area contributed by atoms with Gasteiger partial charge in [0.25, 0.3) is 0 Å². The molecule has 2 atom stereocenters. The predicted molar refractivity (Wildman–Crippen MR) is 63.9 cm³/mol. The van der Waals surface area contributed by atoms with Gasteiger partial charge in [-0.3, -0.25) is 0 Å². The van der Waals surface area contributed by atoms with E-state index in [1.807, 2.05) is 0 Å². The van der Waals surface area contributed by atoms with Crippen molar-refractivity contribution in [3.05, 3.63) is 0 Å². The van der Waals surface area contributed by atoms with Crippen molar-refractivity contribution in [2.45, 2.75) is 33.2 Å². The molecule has 1 heterocycles. The smallest absolute Gasteiger partial charge is 0.0471 e. The molecule has 0 aromatic carbocycles. The SMILES string of the molecule is CC(CNC(C)C)CN1CCC(CO)C1. The highest BCUT2D eigenvalue weighted by molar-refractivity contribution is 4.76. The Balaban J connectivity index is 2.13. The molecular weight excluding hydrogens is 188 g/mol. The Morgan fingerprint density at radius 2 is 2.13 bits per heavy atom. The molecule has 0 aliphatic carbocycles. The minimum atomic E-state index is 0.356. The number of aliphatic hydroxyl groups excluding tert-OH is 1. The summed E-state index contributed by atoms with van der Waals surface area (Å²) in [6.07, 6.45) is 1.17. The zero-order chi connectivity index (χ0) is 11.3. The van der Waals surface area contributed by atoms with Gasteiger partial charge in [0.1, 0.15) is 0 Å². The van der Waals surface area contributed by atoms with Crippen molar-refractivity contribution in [2.24, 2.45) is 11.8 Å². The van der Waals surface area contributed by atoms with Gasteiger partial charge in [-0.15, -0.1) is 0 Å². The molecular formula is C12H26N2O. The first-order valence-electron chi connectivity index (χ1n) is 6.18. The Morgan fingerprint density at radius 1 is 1.40 bits per heavy atom. The molecule has 15 heavy (non-hydrogen) atoms. The van der Waals surface area contributed by atoms with Crippen LogP contribution in [0.2, 0.25) is 0 Å². The largest absolute Gasteiger partial charge is 0.396 e. The minimum absolute atomic E-state index is 0.356. The van der Waals surface area contributed by atoms with Gasteiger partial charge in [0.2, 0.25) is 0 Å². The van der Waals surface area contributed by atoms with Crippen molar-refractivity contribution in [3.63, 3.8) is 0 Å². The van der Waals surface area contributed by atoms with E-state index < -0.39 is 0 Å². The van der Waals surface area contributed by atoms with E-state index in [0.717, 1.165) is 26.2 Å². The van der Waals surface area contributed by atoms with E-state index in [0.29, 0.717) is 24.5 Å². The highest BCUT2D eigenvalue weighted by atomic mass is 16.3. The molecule has 1 fully saturated rings. The molecule has 1 saturated heterocycles. The Hall–Kier alpha value is -0.120. The highest BCUT2D eigenvalue weighted by Gasteiger charge is 2.22. The fraction of sp³-hybridized carbons (Fsp3) is 1.00. The van der Waals surface area contributed by atoms with Gasteiger partial charge in [0.05, 0.1) is 0 Å². The summed E-state index contributed by atoms with van der Waals surface area (Å²) in [5.74, 6) is 1.22. The molecule has 0 spiro atoms. The quantitative estimate of drug-likeness (QED) is 0.690. The Bertz CT molecular complexity index is 173. The van der Waals surface area contributed by atoms with Crippen LogP contribution in [0.1, 0.15) is 27.2 Å². The molecule has 3 heteroatoms. The number of hydrogen-bond donors (Lipinski definition) is 2. The molecule has 1 aliphatic rings. The number of nitrogens with zero attached hydrogens (tertiary/aromatic N) is 1. The molecule has 2 unspecified atom stereocenters. The Labute approximate surface area is 93.9 Å². The molecule has 0 saturated carbocycles. The number of hydrogen-bond acceptors (Lipinski definition) is 3. The second-order valence-corrected chi connectivity index (χ2v) is 5.26. The van der Waals surface area contributed by atoms with Crippen molar-refractivity contribution < 1.29 is 5.11 Å². The third-order valence-electron chi connectivity index (χ3n) is 3.07. The first-order chi connectivity index (χ1) is 7.11. The average molecular weight is 214 g/mol. The lowest BCUT2D eigenvalue weighted by molar-refractivity contribution is 0.213. The number of rotatable bonds is 6. The van der Waals surface area contributed by atoms with E-state index in [1.165, 1.54) is 6.42 Å². The average Bonchev–Trinajstić information content (AvgIpc) is 2.62. The van der Waals surface area contributed by atoms with Crippen molar-refractivity contribution in [2.75, 3.05) is 32.8 Å². The zero-order valence-corrected chi connectivity index (χ0v) is 10.4. The van der Waals surface area contributed by atoms with Crippen LogP contribution in [0.3, 0.4) is 0 Å². The van der Waals surface area contributed by atoms with Crippen LogP contribution in [-0.4, -0.2) is 48.8 Å². The Kier molecular flexibility index (Phi) is 5.58. The second-order valence-electron chi connectivity index (χ2n) is 5.26. The molecule has 90 valence electrons. The van der Waals surface area contributed by atoms with E-state index in [9.17, 15) is 0 Å². The molecule has 0 aromatic heterocycles. The standard InChI is InChI=1S/C12H26N2O/c1-10(2)13-6-11(3)7-14-5-4-12(8-14)9-15/h10-13,15H,4-9H2,1-3H3. The van der Waals surface area contributed by atoms with Crippen LogP contribution >= 0.6 is 0 Å². The lowest BCUT2D eigenvalue weighted by atomic mass is 10.1. The van der Waals surface area contributed by atoms with Gasteiger partial charge >= 0.3 is 0 Å². The van der Waals surface area contributed by atoms with E-state index in [2.05, 4.69) is 31.0 Å². The third-order valence-corrected chi connectivity index (χ3v) is 3.07. The van der Waals surface area contributed by atoms with E-state index >= 15 is 0 Å². The van der Waals surface area contributed by atoms with Gasteiger partial charge in [0.15, 0.2) is 0 Å². The molecule has 1 rings (SSSR count). The van der Waals surface area contributed by atoms with Crippen LogP contribution in [0.15, 0.2) is 0 Å². The predicted octanol–water partition coefficient (Wildman–Crippen LogP) is 0.935. The maximum Gasteiger partial charge on any atom is 0.0471 e. The van der Waals surface area contributed by atoms with Gasteiger partial charge < -0.3 is 15.3 Å². The summed E-state index contributed by atoms with van der Waals surface area (Å²) in [6.45, 7) is 11.5. The van der Waals surface area contributed by atoms with Crippen LogP contribution in [0.5, 0.6) is 0 Å². The normalized spacial score (nSPS) is 25.0. The summed E-state index contributed by atoms with van der Waals surface area (Å²) in [6, 6.07) is 0.580. The maximum absolute atomic E-state index is 9.06. The fourth-order valence-electron chi connectivity index (χ4n) is 2.17. The summed E-state index contributed by atoms with van der Waals surface area (Å²) >= 11 is 0. The molecule has 1 aliphatic heterocycles. The molecule has 0 amide bonds. The van der Waals surface area contributed by atoms with Crippen LogP contribution in [0.4, 0.5) is 0 Å². The topological polar surface area (TPSA) is 35.5 Å². The van der Waals surface area contributed by atoms with Crippen molar-refractivity contribution in [1.82, 2.24) is 10.2 Å². The van der Waals surface area contributed by atoms with Crippen LogP contribution in [0, 0.1) is 11.8 Å². The zero-order valence-electron chi connectivity index (χ0n) is 10.4. The van der Waals surface area contributed by atoms with Crippen molar-refractivity contribution in [1.29, 1.82) is 0 Å². The summed E-state index contributed by atoms with van der Waals surface area (Å²) in [4.78, 5) is 2.48. The molecule has 3 nitrogen and oxygen atoms in total. The second kappa shape index (κ2) is 6.46. The fourth-order valence-corrected chi connectivity index (χ4v) is 2.17. The van der Waals surface area contributed by atoms with Crippen LogP contribution in [0.25, 0.3) is 0 Å². The van der Waals surface area contributed by atoms with Crippen molar-refractivity contribution in [3.8, 4) is 0 Å². The first kappa shape index (κ1) is 12.9. The summed E-state index contributed by atoms with van der Waals surface area (Å²) in [5.41, 5.74) is 0. The van der Waals surface area contributed by atoms with E-state index in [-0.39, 0.29) is 0 Å². The molecule has 0 radical (unpaired) electrons. The number of nitrogens with one attached hydrogen (secondary N) is 1. The van der Waals surface area contributed by atoms with Gasteiger partial charge in [-0.2, -0.15) is 0 Å². The summed E-state index contributed by atoms with van der Waals surface area (Å²) in [7, 11) is 0. The summed E-state index contributed by atoms with van der Waals surface area (Å²) in [5, 5.41) is 12.5. The number of aliphatic hydroxyl groups is 1. The third kappa shape index (κ3) is 4.96. The van der Waals surface area contributed by atoms with Gasteiger partial charge in [-0.05, 0) is 31.3 Å². The molecule has 0 aromatic rings. The van der Waals surface area contributed by atoms with Gasteiger partial charge in [-0.1, -0.05) is 20.8 Å². The van der Waals surface area contributed by atoms with Crippen LogP contribution in [-0.2, 0) is 0 Å². The lowest BCUT2D eigenvalue weighted by Crippen LogP contribution is -2.34. The monoisotopic (exact) mass is 214 g/mol. The number of likely N-dealkylation sites (tertiary alicyclic amines) is 1. The molecule has 0 bridgehead atoms. The highest BCUT2D eigenvalue weighted by Crippen LogP contribution is 2.16. The van der Waals surface area contributed by atoms with E-state index in [1.54, 1.807) is 0 Å². The van der Waals surface area contributed by atoms with Crippen molar-refractivity contribution >= 4 is 0 Å². The molecule has 2 N–H and O–H groups in total. The minimum Gasteiger partial charge on any atom is -0.396 e. The lowest BCUT2D eigenvalue weighted by Gasteiger charge is -2.22. The van der Waals surface area contributed by atoms with E-state index in [4.69, 9.17) is 5.11 Å². The van der Waals surface area contributed by atoms with Crippen LogP contribution < -0.4 is 5.32 Å². The van der Waals surface area contributed by atoms with Gasteiger partial charge in [0, 0.05) is 25.7 Å². The van der Waals surface area contributed by atoms with Gasteiger partial charge in [-0.25, -0.2) is 0 Å². The Morgan fingerprint density at radius 3 is 2.67 bits per heavy atom. The maximum atomic E-state index is 9.06.